The van der Waals surface area contributed by atoms with Crippen LogP contribution in [0, 0.1) is 0 Å². The van der Waals surface area contributed by atoms with E-state index in [0.717, 1.165) is 5.39 Å². The molecule has 0 saturated carbocycles. The van der Waals surface area contributed by atoms with Crippen LogP contribution in [0.25, 0.3) is 10.9 Å². The Morgan fingerprint density at radius 3 is 2.68 bits per heavy atom. The number of aromatic amines is 1. The number of carboxylic acid groups (broad SMARTS) is 1. The number of hydrogen-bond donors (Lipinski definition) is 1. The molecule has 0 amide bonds. The highest BCUT2D eigenvalue weighted by atomic mass is 16.7. The highest BCUT2D eigenvalue weighted by Gasteiger charge is 2.14. The minimum absolute atomic E-state index is 0.0372. The molecule has 2 aromatic carbocycles. The van der Waals surface area contributed by atoms with Crippen molar-refractivity contribution in [2.75, 3.05) is 6.79 Å². The first kappa shape index (κ1) is 12.6. The molecule has 0 atom stereocenters. The average molecular weight is 296 g/mol. The maximum absolute atomic E-state index is 10.9. The van der Waals surface area contributed by atoms with Gasteiger partial charge >= 0.3 is 0 Å². The fraction of sp³-hybridized carbons (Fsp3) is 0.0625. The van der Waals surface area contributed by atoms with Crippen LogP contribution >= 0.6 is 0 Å². The second-order valence-corrected chi connectivity index (χ2v) is 4.84. The average Bonchev–Trinajstić information content (AvgIpc) is 3.12. The Morgan fingerprint density at radius 1 is 1.05 bits per heavy atom. The number of carbonyl (C=O) groups is 1. The summed E-state index contributed by atoms with van der Waals surface area (Å²) in [7, 11) is 0. The fourth-order valence-electron chi connectivity index (χ4n) is 2.36. The zero-order valence-electron chi connectivity index (χ0n) is 11.3. The molecule has 0 radical (unpaired) electrons. The van der Waals surface area contributed by atoms with E-state index in [0.29, 0.717) is 28.5 Å². The predicted molar refractivity (Wildman–Crippen MR) is 75.3 cm³/mol. The third-order valence-corrected chi connectivity index (χ3v) is 3.39. The molecule has 2 heterocycles. The smallest absolute Gasteiger partial charge is 0.231 e. The third kappa shape index (κ3) is 2.10. The molecule has 0 saturated heterocycles. The number of benzene rings is 2. The molecular formula is C16H10NO5-. The van der Waals surface area contributed by atoms with E-state index in [1.807, 2.05) is 0 Å². The maximum Gasteiger partial charge on any atom is 0.231 e. The maximum atomic E-state index is 10.9. The highest BCUT2D eigenvalue weighted by molar-refractivity contribution is 5.93. The van der Waals surface area contributed by atoms with Crippen LogP contribution in [0.15, 0.2) is 42.5 Å². The molecule has 1 aliphatic rings. The lowest BCUT2D eigenvalue weighted by molar-refractivity contribution is -0.255. The molecule has 1 N–H and O–H groups in total. The van der Waals surface area contributed by atoms with Gasteiger partial charge in [-0.05, 0) is 36.4 Å². The van der Waals surface area contributed by atoms with Crippen molar-refractivity contribution < 1.29 is 24.1 Å². The van der Waals surface area contributed by atoms with Gasteiger partial charge in [0.2, 0.25) is 6.79 Å². The van der Waals surface area contributed by atoms with Gasteiger partial charge < -0.3 is 29.1 Å². The summed E-state index contributed by atoms with van der Waals surface area (Å²) in [5.74, 6) is 1.29. The van der Waals surface area contributed by atoms with Crippen molar-refractivity contribution in [1.82, 2.24) is 4.98 Å². The Kier molecular flexibility index (Phi) is 2.69. The molecule has 6 heteroatoms. The molecule has 6 nitrogen and oxygen atoms in total. The van der Waals surface area contributed by atoms with Gasteiger partial charge in [-0.1, -0.05) is 0 Å². The monoisotopic (exact) mass is 296 g/mol. The standard InChI is InChI=1S/C16H11NO5/c18-16(19)13-6-9-5-10(1-3-12(9)17-13)22-11-2-4-14-15(7-11)21-8-20-14/h1-7,17H,8H2,(H,18,19)/p-1. The first-order chi connectivity index (χ1) is 10.7. The quantitative estimate of drug-likeness (QED) is 0.799. The second-order valence-electron chi connectivity index (χ2n) is 4.84. The van der Waals surface area contributed by atoms with Crippen LogP contribution in [-0.2, 0) is 0 Å². The summed E-state index contributed by atoms with van der Waals surface area (Å²) in [6.45, 7) is 0.208. The van der Waals surface area contributed by atoms with Gasteiger partial charge in [-0.25, -0.2) is 0 Å². The van der Waals surface area contributed by atoms with Crippen molar-refractivity contribution >= 4 is 16.9 Å². The van der Waals surface area contributed by atoms with E-state index in [-0.39, 0.29) is 12.5 Å². The number of nitrogens with one attached hydrogen (secondary N) is 1. The summed E-state index contributed by atoms with van der Waals surface area (Å²) in [6.07, 6.45) is 0. The van der Waals surface area contributed by atoms with Crippen LogP contribution in [0.5, 0.6) is 23.0 Å². The van der Waals surface area contributed by atoms with Crippen LogP contribution in [0.4, 0.5) is 0 Å². The van der Waals surface area contributed by atoms with Crippen LogP contribution in [0.1, 0.15) is 10.5 Å². The molecule has 110 valence electrons. The van der Waals surface area contributed by atoms with Crippen molar-refractivity contribution in [3.63, 3.8) is 0 Å². The van der Waals surface area contributed by atoms with Crippen LogP contribution in [0.2, 0.25) is 0 Å². The summed E-state index contributed by atoms with van der Waals surface area (Å²) >= 11 is 0. The van der Waals surface area contributed by atoms with Crippen molar-refractivity contribution in [1.29, 1.82) is 0 Å². The first-order valence-corrected chi connectivity index (χ1v) is 6.61. The van der Waals surface area contributed by atoms with Gasteiger partial charge in [0.05, 0.1) is 11.7 Å². The zero-order chi connectivity index (χ0) is 15.1. The summed E-state index contributed by atoms with van der Waals surface area (Å²) in [5, 5.41) is 11.6. The molecule has 1 aliphatic heterocycles. The number of hydrogen-bond acceptors (Lipinski definition) is 5. The Labute approximate surface area is 124 Å². The Hall–Kier alpha value is -3.15. The number of ether oxygens (including phenoxy) is 3. The van der Waals surface area contributed by atoms with Gasteiger partial charge in [-0.3, -0.25) is 0 Å². The molecule has 0 spiro atoms. The minimum atomic E-state index is -1.24. The van der Waals surface area contributed by atoms with E-state index in [1.54, 1.807) is 36.4 Å². The number of rotatable bonds is 3. The summed E-state index contributed by atoms with van der Waals surface area (Å²) in [4.78, 5) is 13.6. The Bertz CT molecular complexity index is 883. The predicted octanol–water partition coefficient (Wildman–Crippen LogP) is 2.05. The largest absolute Gasteiger partial charge is 0.543 e. The molecule has 0 unspecified atom stereocenters. The van der Waals surface area contributed by atoms with E-state index in [1.165, 1.54) is 6.07 Å². The van der Waals surface area contributed by atoms with Gasteiger partial charge in [-0.15, -0.1) is 0 Å². The normalized spacial score (nSPS) is 12.5. The van der Waals surface area contributed by atoms with Crippen molar-refractivity contribution in [3.05, 3.63) is 48.2 Å². The van der Waals surface area contributed by atoms with E-state index in [2.05, 4.69) is 4.98 Å². The number of fused-ring (bicyclic) bond motifs is 2. The molecule has 3 aromatic rings. The van der Waals surface area contributed by atoms with Crippen LogP contribution in [-0.4, -0.2) is 17.7 Å². The third-order valence-electron chi connectivity index (χ3n) is 3.39. The van der Waals surface area contributed by atoms with E-state index in [9.17, 15) is 9.90 Å². The number of H-pyrrole nitrogens is 1. The number of carboxylic acids is 1. The van der Waals surface area contributed by atoms with Crippen molar-refractivity contribution in [2.45, 2.75) is 0 Å². The lowest BCUT2D eigenvalue weighted by atomic mass is 10.2. The van der Waals surface area contributed by atoms with Crippen LogP contribution < -0.4 is 19.3 Å². The van der Waals surface area contributed by atoms with Gasteiger partial charge in [0, 0.05) is 17.0 Å². The molecule has 4 rings (SSSR count). The lowest BCUT2D eigenvalue weighted by Gasteiger charge is -2.06. The van der Waals surface area contributed by atoms with Crippen LogP contribution in [0.3, 0.4) is 0 Å². The highest BCUT2D eigenvalue weighted by Crippen LogP contribution is 2.36. The van der Waals surface area contributed by atoms with Gasteiger partial charge in [0.25, 0.3) is 0 Å². The number of aromatic nitrogens is 1. The number of carbonyl (C=O) groups excluding carboxylic acids is 1. The van der Waals surface area contributed by atoms with E-state index >= 15 is 0 Å². The van der Waals surface area contributed by atoms with Gasteiger partial charge in [0.1, 0.15) is 11.5 Å². The van der Waals surface area contributed by atoms with Gasteiger partial charge in [0.15, 0.2) is 11.5 Å². The molecule has 1 aromatic heterocycles. The summed E-state index contributed by atoms with van der Waals surface area (Å²) in [6, 6.07) is 12.1. The molecule has 0 aliphatic carbocycles. The molecule has 22 heavy (non-hydrogen) atoms. The molecular weight excluding hydrogens is 286 g/mol. The SMILES string of the molecule is O=C([O-])c1cc2cc(Oc3ccc4c(c3)OCO4)ccc2[nH]1. The molecule has 0 fully saturated rings. The first-order valence-electron chi connectivity index (χ1n) is 6.61. The minimum Gasteiger partial charge on any atom is -0.543 e. The van der Waals surface area contributed by atoms with E-state index < -0.39 is 5.97 Å². The zero-order valence-corrected chi connectivity index (χ0v) is 11.3. The van der Waals surface area contributed by atoms with Crippen molar-refractivity contribution in [3.8, 4) is 23.0 Å². The van der Waals surface area contributed by atoms with E-state index in [4.69, 9.17) is 14.2 Å². The number of aromatic carboxylic acids is 1. The topological polar surface area (TPSA) is 83.6 Å². The van der Waals surface area contributed by atoms with Gasteiger partial charge in [-0.2, -0.15) is 0 Å². The molecule has 0 bridgehead atoms. The lowest BCUT2D eigenvalue weighted by Crippen LogP contribution is -2.22. The fourth-order valence-corrected chi connectivity index (χ4v) is 2.36. The summed E-state index contributed by atoms with van der Waals surface area (Å²) < 4.78 is 16.3. The summed E-state index contributed by atoms with van der Waals surface area (Å²) in [5.41, 5.74) is 0.743. The van der Waals surface area contributed by atoms with Crippen molar-refractivity contribution in [2.24, 2.45) is 0 Å². The Balaban J connectivity index is 1.65. The Morgan fingerprint density at radius 2 is 1.82 bits per heavy atom. The second kappa shape index (κ2) is 4.70.